The molecule has 4 atom stereocenters. The Morgan fingerprint density at radius 2 is 1.74 bits per heavy atom. The zero-order valence-corrected chi connectivity index (χ0v) is 12.4. The fourth-order valence-electron chi connectivity index (χ4n) is 2.79. The normalized spacial score (nSPS) is 30.3. The van der Waals surface area contributed by atoms with Gasteiger partial charge in [0, 0.05) is 6.42 Å². The first-order valence-electron chi connectivity index (χ1n) is 8.24. The van der Waals surface area contributed by atoms with Gasteiger partial charge in [-0.25, -0.2) is 0 Å². The first kappa shape index (κ1) is 15.3. The van der Waals surface area contributed by atoms with Crippen LogP contribution >= 0.6 is 0 Å². The SMILES string of the molecule is CCCCCCCCC1OC1CCC(O)CC1CO1. The Morgan fingerprint density at radius 1 is 1.05 bits per heavy atom. The molecule has 2 aliphatic heterocycles. The molecule has 3 nitrogen and oxygen atoms in total. The van der Waals surface area contributed by atoms with Gasteiger partial charge >= 0.3 is 0 Å². The lowest BCUT2D eigenvalue weighted by atomic mass is 10.0. The largest absolute Gasteiger partial charge is 0.393 e. The lowest BCUT2D eigenvalue weighted by molar-refractivity contribution is 0.137. The van der Waals surface area contributed by atoms with Crippen molar-refractivity contribution in [3.8, 4) is 0 Å². The van der Waals surface area contributed by atoms with Gasteiger partial charge in [0.1, 0.15) is 0 Å². The molecule has 2 rings (SSSR count). The van der Waals surface area contributed by atoms with Crippen molar-refractivity contribution in [3.63, 3.8) is 0 Å². The number of hydrogen-bond acceptors (Lipinski definition) is 3. The van der Waals surface area contributed by atoms with Crippen LogP contribution in [0.1, 0.15) is 71.1 Å². The quantitative estimate of drug-likeness (QED) is 0.436. The Balaban J connectivity index is 1.37. The van der Waals surface area contributed by atoms with E-state index in [2.05, 4.69) is 6.92 Å². The molecule has 0 aromatic rings. The second-order valence-electron chi connectivity index (χ2n) is 6.19. The fourth-order valence-corrected chi connectivity index (χ4v) is 2.79. The highest BCUT2D eigenvalue weighted by Crippen LogP contribution is 2.32. The third-order valence-corrected chi connectivity index (χ3v) is 4.25. The van der Waals surface area contributed by atoms with Crippen LogP contribution in [-0.2, 0) is 9.47 Å². The van der Waals surface area contributed by atoms with E-state index in [-0.39, 0.29) is 6.10 Å². The van der Waals surface area contributed by atoms with Crippen LogP contribution in [0.15, 0.2) is 0 Å². The molecule has 19 heavy (non-hydrogen) atoms. The third kappa shape index (κ3) is 6.73. The van der Waals surface area contributed by atoms with E-state index in [9.17, 15) is 5.11 Å². The van der Waals surface area contributed by atoms with Crippen LogP contribution in [0.5, 0.6) is 0 Å². The number of ether oxygens (including phenoxy) is 2. The Morgan fingerprint density at radius 3 is 2.47 bits per heavy atom. The molecular weight excluding hydrogens is 240 g/mol. The molecule has 0 saturated carbocycles. The van der Waals surface area contributed by atoms with Crippen LogP contribution in [-0.4, -0.2) is 36.1 Å². The van der Waals surface area contributed by atoms with E-state index in [1.54, 1.807) is 0 Å². The first-order valence-corrected chi connectivity index (χ1v) is 8.24. The van der Waals surface area contributed by atoms with Crippen LogP contribution in [0.25, 0.3) is 0 Å². The van der Waals surface area contributed by atoms with Crippen molar-refractivity contribution in [2.45, 2.75) is 95.5 Å². The van der Waals surface area contributed by atoms with E-state index >= 15 is 0 Å². The molecule has 112 valence electrons. The predicted octanol–water partition coefficient (Wildman–Crippen LogP) is 3.43. The van der Waals surface area contributed by atoms with Crippen molar-refractivity contribution in [2.24, 2.45) is 0 Å². The Labute approximate surface area is 117 Å². The summed E-state index contributed by atoms with van der Waals surface area (Å²) < 4.78 is 10.8. The van der Waals surface area contributed by atoms with Gasteiger partial charge < -0.3 is 14.6 Å². The van der Waals surface area contributed by atoms with Gasteiger partial charge in [0.25, 0.3) is 0 Å². The highest BCUT2D eigenvalue weighted by atomic mass is 16.6. The third-order valence-electron chi connectivity index (χ3n) is 4.25. The van der Waals surface area contributed by atoms with Gasteiger partial charge in [-0.2, -0.15) is 0 Å². The van der Waals surface area contributed by atoms with Gasteiger partial charge in [0.2, 0.25) is 0 Å². The molecule has 0 spiro atoms. The minimum absolute atomic E-state index is 0.189. The molecule has 2 aliphatic rings. The van der Waals surface area contributed by atoms with Crippen LogP contribution in [0.4, 0.5) is 0 Å². The maximum absolute atomic E-state index is 9.78. The zero-order valence-electron chi connectivity index (χ0n) is 12.4. The van der Waals surface area contributed by atoms with E-state index in [4.69, 9.17) is 9.47 Å². The number of aliphatic hydroxyl groups is 1. The molecule has 2 saturated heterocycles. The van der Waals surface area contributed by atoms with Crippen molar-refractivity contribution in [1.29, 1.82) is 0 Å². The van der Waals surface area contributed by atoms with E-state index in [0.717, 1.165) is 25.9 Å². The van der Waals surface area contributed by atoms with E-state index in [1.165, 1.54) is 44.9 Å². The van der Waals surface area contributed by atoms with Crippen molar-refractivity contribution in [2.75, 3.05) is 6.61 Å². The van der Waals surface area contributed by atoms with Crippen molar-refractivity contribution < 1.29 is 14.6 Å². The molecule has 1 N–H and O–H groups in total. The van der Waals surface area contributed by atoms with Gasteiger partial charge in [0.15, 0.2) is 0 Å². The van der Waals surface area contributed by atoms with Crippen LogP contribution in [0.3, 0.4) is 0 Å². The van der Waals surface area contributed by atoms with Crippen LogP contribution < -0.4 is 0 Å². The monoisotopic (exact) mass is 270 g/mol. The molecule has 0 radical (unpaired) electrons. The second-order valence-corrected chi connectivity index (χ2v) is 6.19. The van der Waals surface area contributed by atoms with Gasteiger partial charge in [-0.3, -0.25) is 0 Å². The number of epoxide rings is 2. The Hall–Kier alpha value is -0.120. The first-order chi connectivity index (χ1) is 9.29. The minimum Gasteiger partial charge on any atom is -0.393 e. The number of unbranched alkanes of at least 4 members (excludes halogenated alkanes) is 5. The predicted molar refractivity (Wildman–Crippen MR) is 76.3 cm³/mol. The van der Waals surface area contributed by atoms with Crippen LogP contribution in [0.2, 0.25) is 0 Å². The smallest absolute Gasteiger partial charge is 0.0842 e. The number of rotatable bonds is 12. The molecular formula is C16H30O3. The topological polar surface area (TPSA) is 45.3 Å². The minimum atomic E-state index is -0.189. The van der Waals surface area contributed by atoms with E-state index in [0.29, 0.717) is 18.3 Å². The van der Waals surface area contributed by atoms with Gasteiger partial charge in [-0.05, 0) is 19.3 Å². The summed E-state index contributed by atoms with van der Waals surface area (Å²) in [4.78, 5) is 0. The summed E-state index contributed by atoms with van der Waals surface area (Å²) in [6, 6.07) is 0. The summed E-state index contributed by atoms with van der Waals surface area (Å²) in [6.45, 7) is 3.10. The highest BCUT2D eigenvalue weighted by molar-refractivity contribution is 4.85. The molecule has 0 aromatic carbocycles. The van der Waals surface area contributed by atoms with Gasteiger partial charge in [-0.1, -0.05) is 45.4 Å². The summed E-state index contributed by atoms with van der Waals surface area (Å²) in [5.41, 5.74) is 0. The average molecular weight is 270 g/mol. The summed E-state index contributed by atoms with van der Waals surface area (Å²) >= 11 is 0. The molecule has 0 aliphatic carbocycles. The van der Waals surface area contributed by atoms with Crippen molar-refractivity contribution in [3.05, 3.63) is 0 Å². The standard InChI is InChI=1S/C16H30O3/c1-2-3-4-5-6-7-8-15-16(19-15)10-9-13(17)11-14-12-18-14/h13-17H,2-12H2,1H3. The van der Waals surface area contributed by atoms with Crippen molar-refractivity contribution >= 4 is 0 Å². The summed E-state index contributed by atoms with van der Waals surface area (Å²) in [7, 11) is 0. The molecule has 0 bridgehead atoms. The Kier molecular flexibility index (Phi) is 6.62. The number of aliphatic hydroxyl groups excluding tert-OH is 1. The molecule has 0 aromatic heterocycles. The zero-order chi connectivity index (χ0) is 13.5. The van der Waals surface area contributed by atoms with E-state index < -0.39 is 0 Å². The second kappa shape index (κ2) is 8.23. The maximum atomic E-state index is 9.78. The summed E-state index contributed by atoms with van der Waals surface area (Å²) in [6.07, 6.45) is 13.2. The summed E-state index contributed by atoms with van der Waals surface area (Å²) in [5, 5.41) is 9.78. The maximum Gasteiger partial charge on any atom is 0.0842 e. The molecule has 3 heteroatoms. The van der Waals surface area contributed by atoms with Crippen LogP contribution in [0, 0.1) is 0 Å². The Bertz CT molecular complexity index is 240. The lowest BCUT2D eigenvalue weighted by Gasteiger charge is -2.06. The fraction of sp³-hybridized carbons (Fsp3) is 1.00. The molecule has 0 amide bonds. The molecule has 4 unspecified atom stereocenters. The molecule has 2 fully saturated rings. The van der Waals surface area contributed by atoms with Gasteiger partial charge in [-0.15, -0.1) is 0 Å². The summed E-state index contributed by atoms with van der Waals surface area (Å²) in [5.74, 6) is 0. The molecule has 2 heterocycles. The number of hydrogen-bond donors (Lipinski definition) is 1. The van der Waals surface area contributed by atoms with Gasteiger partial charge in [0.05, 0.1) is 31.0 Å². The highest BCUT2D eigenvalue weighted by Gasteiger charge is 2.38. The van der Waals surface area contributed by atoms with E-state index in [1.807, 2.05) is 0 Å². The average Bonchev–Trinajstić information content (AvgIpc) is 3.28. The lowest BCUT2D eigenvalue weighted by Crippen LogP contribution is -2.11. The van der Waals surface area contributed by atoms with Crippen molar-refractivity contribution in [1.82, 2.24) is 0 Å².